The molecule has 2 rings (SSSR count). The van der Waals surface area contributed by atoms with Crippen LogP contribution < -0.4 is 5.32 Å². The second-order valence-corrected chi connectivity index (χ2v) is 5.39. The maximum absolute atomic E-state index is 11.8. The van der Waals surface area contributed by atoms with Crippen LogP contribution in [0.4, 0.5) is 0 Å². The Morgan fingerprint density at radius 1 is 1.42 bits per heavy atom. The molecule has 0 radical (unpaired) electrons. The number of hydrogen-bond acceptors (Lipinski definition) is 2. The van der Waals surface area contributed by atoms with E-state index < -0.39 is 5.60 Å². The molecule has 0 aromatic heterocycles. The molecule has 2 N–H and O–H groups in total. The van der Waals surface area contributed by atoms with E-state index in [0.29, 0.717) is 12.3 Å². The van der Waals surface area contributed by atoms with Crippen LogP contribution in [0.2, 0.25) is 0 Å². The lowest BCUT2D eigenvalue weighted by molar-refractivity contribution is -0.122. The third kappa shape index (κ3) is 3.93. The molecule has 2 unspecified atom stereocenters. The Hall–Kier alpha value is -1.61. The van der Waals surface area contributed by atoms with Gasteiger partial charge in [-0.05, 0) is 31.2 Å². The molecule has 0 aliphatic heterocycles. The van der Waals surface area contributed by atoms with E-state index in [1.807, 2.05) is 30.3 Å². The lowest BCUT2D eigenvalue weighted by Crippen LogP contribution is -2.39. The number of allylic oxidation sites excluding steroid dienone is 2. The van der Waals surface area contributed by atoms with E-state index in [0.717, 1.165) is 18.4 Å². The smallest absolute Gasteiger partial charge is 0.220 e. The van der Waals surface area contributed by atoms with Gasteiger partial charge in [-0.1, -0.05) is 42.5 Å². The van der Waals surface area contributed by atoms with Crippen LogP contribution in [0.1, 0.15) is 31.7 Å². The van der Waals surface area contributed by atoms with Gasteiger partial charge in [0.15, 0.2) is 0 Å². The van der Waals surface area contributed by atoms with Crippen LogP contribution >= 0.6 is 0 Å². The Kier molecular flexibility index (Phi) is 4.38. The first-order valence-electron chi connectivity index (χ1n) is 6.79. The van der Waals surface area contributed by atoms with Gasteiger partial charge in [0.25, 0.3) is 0 Å². The maximum atomic E-state index is 11.8. The van der Waals surface area contributed by atoms with Crippen LogP contribution in [0.25, 0.3) is 0 Å². The second-order valence-electron chi connectivity index (χ2n) is 5.39. The number of aliphatic hydroxyl groups is 1. The summed E-state index contributed by atoms with van der Waals surface area (Å²) >= 11 is 0. The average molecular weight is 259 g/mol. The van der Waals surface area contributed by atoms with Crippen LogP contribution in [0.15, 0.2) is 42.5 Å². The highest BCUT2D eigenvalue weighted by molar-refractivity contribution is 5.76. The quantitative estimate of drug-likeness (QED) is 0.798. The first kappa shape index (κ1) is 13.8. The summed E-state index contributed by atoms with van der Waals surface area (Å²) in [5.41, 5.74) is -0.210. The van der Waals surface area contributed by atoms with Crippen LogP contribution in [-0.2, 0) is 10.4 Å². The number of rotatable bonds is 5. The Morgan fingerprint density at radius 2 is 2.16 bits per heavy atom. The molecule has 19 heavy (non-hydrogen) atoms. The Balaban J connectivity index is 1.83. The zero-order valence-corrected chi connectivity index (χ0v) is 11.3. The zero-order valence-electron chi connectivity index (χ0n) is 11.3. The molecule has 1 amide bonds. The predicted octanol–water partition coefficient (Wildman–Crippen LogP) is 2.37. The Bertz CT molecular complexity index is 451. The molecule has 3 heteroatoms. The molecular formula is C16H21NO2. The lowest BCUT2D eigenvalue weighted by atomic mass is 9.96. The molecule has 0 heterocycles. The molecule has 1 aliphatic rings. The van der Waals surface area contributed by atoms with Crippen molar-refractivity contribution >= 4 is 5.91 Å². The van der Waals surface area contributed by atoms with E-state index in [1.165, 1.54) is 0 Å². The van der Waals surface area contributed by atoms with E-state index in [2.05, 4.69) is 17.5 Å². The van der Waals surface area contributed by atoms with Crippen molar-refractivity contribution in [2.75, 3.05) is 6.54 Å². The van der Waals surface area contributed by atoms with Gasteiger partial charge in [-0.15, -0.1) is 0 Å². The standard InChI is InChI=1S/C16H21NO2/c1-16(19,14-9-3-2-4-10-14)12-17-15(18)11-13-7-5-6-8-13/h2-5,7,9-10,13,19H,6,8,11-12H2,1H3,(H,17,18). The zero-order chi connectivity index (χ0) is 13.7. The van der Waals surface area contributed by atoms with E-state index in [-0.39, 0.29) is 12.5 Å². The normalized spacial score (nSPS) is 21.1. The monoisotopic (exact) mass is 259 g/mol. The minimum Gasteiger partial charge on any atom is -0.384 e. The molecule has 0 fully saturated rings. The van der Waals surface area contributed by atoms with Crippen molar-refractivity contribution in [3.63, 3.8) is 0 Å². The van der Waals surface area contributed by atoms with Gasteiger partial charge in [0.05, 0.1) is 6.54 Å². The highest BCUT2D eigenvalue weighted by atomic mass is 16.3. The molecule has 0 saturated heterocycles. The fraction of sp³-hybridized carbons (Fsp3) is 0.438. The molecular weight excluding hydrogens is 238 g/mol. The molecule has 0 bridgehead atoms. The summed E-state index contributed by atoms with van der Waals surface area (Å²) in [7, 11) is 0. The fourth-order valence-corrected chi connectivity index (χ4v) is 2.35. The van der Waals surface area contributed by atoms with Gasteiger partial charge in [0.1, 0.15) is 5.60 Å². The van der Waals surface area contributed by atoms with Gasteiger partial charge in [-0.25, -0.2) is 0 Å². The molecule has 3 nitrogen and oxygen atoms in total. The van der Waals surface area contributed by atoms with E-state index in [4.69, 9.17) is 0 Å². The predicted molar refractivity (Wildman–Crippen MR) is 75.5 cm³/mol. The fourth-order valence-electron chi connectivity index (χ4n) is 2.35. The summed E-state index contributed by atoms with van der Waals surface area (Å²) in [6, 6.07) is 9.41. The highest BCUT2D eigenvalue weighted by Crippen LogP contribution is 2.21. The van der Waals surface area contributed by atoms with Gasteiger partial charge < -0.3 is 10.4 Å². The van der Waals surface area contributed by atoms with Crippen molar-refractivity contribution in [1.29, 1.82) is 0 Å². The van der Waals surface area contributed by atoms with E-state index in [9.17, 15) is 9.90 Å². The third-order valence-corrected chi connectivity index (χ3v) is 3.59. The van der Waals surface area contributed by atoms with Gasteiger partial charge >= 0.3 is 0 Å². The summed E-state index contributed by atoms with van der Waals surface area (Å²) in [4.78, 5) is 11.8. The summed E-state index contributed by atoms with van der Waals surface area (Å²) in [6.07, 6.45) is 6.87. The van der Waals surface area contributed by atoms with Gasteiger partial charge in [0, 0.05) is 6.42 Å². The van der Waals surface area contributed by atoms with E-state index >= 15 is 0 Å². The molecule has 102 valence electrons. The summed E-state index contributed by atoms with van der Waals surface area (Å²) in [6.45, 7) is 1.96. The molecule has 0 saturated carbocycles. The van der Waals surface area contributed by atoms with Crippen molar-refractivity contribution in [3.8, 4) is 0 Å². The van der Waals surface area contributed by atoms with Crippen LogP contribution in [0.5, 0.6) is 0 Å². The van der Waals surface area contributed by atoms with Crippen LogP contribution in [-0.4, -0.2) is 17.6 Å². The molecule has 1 aromatic rings. The van der Waals surface area contributed by atoms with Crippen molar-refractivity contribution < 1.29 is 9.90 Å². The first-order chi connectivity index (χ1) is 9.08. The topological polar surface area (TPSA) is 49.3 Å². The van der Waals surface area contributed by atoms with Crippen molar-refractivity contribution in [2.24, 2.45) is 5.92 Å². The Labute approximate surface area is 114 Å². The third-order valence-electron chi connectivity index (χ3n) is 3.59. The van der Waals surface area contributed by atoms with Gasteiger partial charge in [-0.3, -0.25) is 4.79 Å². The number of nitrogens with one attached hydrogen (secondary N) is 1. The largest absolute Gasteiger partial charge is 0.384 e. The number of amides is 1. The molecule has 1 aliphatic carbocycles. The van der Waals surface area contributed by atoms with E-state index in [1.54, 1.807) is 6.92 Å². The average Bonchev–Trinajstić information content (AvgIpc) is 2.90. The number of benzene rings is 1. The maximum Gasteiger partial charge on any atom is 0.220 e. The second kappa shape index (κ2) is 6.02. The number of carbonyl (C=O) groups is 1. The SMILES string of the molecule is CC(O)(CNC(=O)CC1C=CCC1)c1ccccc1. The number of hydrogen-bond donors (Lipinski definition) is 2. The minimum atomic E-state index is -1.03. The lowest BCUT2D eigenvalue weighted by Gasteiger charge is -2.24. The van der Waals surface area contributed by atoms with Crippen molar-refractivity contribution in [2.45, 2.75) is 31.8 Å². The Morgan fingerprint density at radius 3 is 2.79 bits per heavy atom. The molecule has 0 spiro atoms. The van der Waals surface area contributed by atoms with Crippen LogP contribution in [0.3, 0.4) is 0 Å². The van der Waals surface area contributed by atoms with Gasteiger partial charge in [-0.2, -0.15) is 0 Å². The van der Waals surface area contributed by atoms with Crippen molar-refractivity contribution in [1.82, 2.24) is 5.32 Å². The number of carbonyl (C=O) groups excluding carboxylic acids is 1. The minimum absolute atomic E-state index is 0.00718. The van der Waals surface area contributed by atoms with Gasteiger partial charge in [0.2, 0.25) is 5.91 Å². The summed E-state index contributed by atoms with van der Waals surface area (Å²) < 4.78 is 0. The van der Waals surface area contributed by atoms with Crippen molar-refractivity contribution in [3.05, 3.63) is 48.0 Å². The first-order valence-corrected chi connectivity index (χ1v) is 6.79. The van der Waals surface area contributed by atoms with Crippen LogP contribution in [0, 0.1) is 5.92 Å². The molecule has 2 atom stereocenters. The highest BCUT2D eigenvalue weighted by Gasteiger charge is 2.24. The summed E-state index contributed by atoms with van der Waals surface area (Å²) in [5, 5.41) is 13.2. The summed E-state index contributed by atoms with van der Waals surface area (Å²) in [5.74, 6) is 0.370. The molecule has 1 aromatic carbocycles.